The minimum Gasteiger partial charge on any atom is -0.463 e. The van der Waals surface area contributed by atoms with Crippen molar-refractivity contribution < 1.29 is 14.0 Å². The van der Waals surface area contributed by atoms with Crippen LogP contribution in [0.1, 0.15) is 31.1 Å². The topological polar surface area (TPSA) is 62.6 Å². The Morgan fingerprint density at radius 1 is 1.30 bits per heavy atom. The van der Waals surface area contributed by atoms with E-state index in [1.807, 2.05) is 45.0 Å². The van der Waals surface area contributed by atoms with Gasteiger partial charge in [0, 0.05) is 16.7 Å². The molecule has 0 bridgehead atoms. The van der Waals surface area contributed by atoms with Gasteiger partial charge >= 0.3 is 0 Å². The summed E-state index contributed by atoms with van der Waals surface area (Å²) in [5, 5.41) is 3.74. The number of carbonyl (C=O) groups is 2. The predicted molar refractivity (Wildman–Crippen MR) is 91.4 cm³/mol. The number of nitrogens with zero attached hydrogens (tertiary/aromatic N) is 1. The molecule has 2 heterocycles. The molecule has 0 spiro atoms. The van der Waals surface area contributed by atoms with Crippen LogP contribution in [0.2, 0.25) is 0 Å². The van der Waals surface area contributed by atoms with E-state index in [1.54, 1.807) is 16.7 Å². The molecule has 1 aliphatic rings. The zero-order valence-corrected chi connectivity index (χ0v) is 14.3. The number of hydrogen-bond acceptors (Lipinski definition) is 4. The molecule has 6 heteroatoms. The van der Waals surface area contributed by atoms with Crippen molar-refractivity contribution in [3.05, 3.63) is 36.1 Å². The monoisotopic (exact) mass is 332 g/mol. The van der Waals surface area contributed by atoms with Crippen LogP contribution in [0.25, 0.3) is 11.0 Å². The van der Waals surface area contributed by atoms with Gasteiger partial charge < -0.3 is 14.6 Å². The van der Waals surface area contributed by atoms with Gasteiger partial charge in [-0.3, -0.25) is 9.59 Å². The van der Waals surface area contributed by atoms with Crippen LogP contribution in [0.5, 0.6) is 0 Å². The van der Waals surface area contributed by atoms with Gasteiger partial charge in [0.15, 0.2) is 0 Å². The van der Waals surface area contributed by atoms with Crippen LogP contribution in [-0.4, -0.2) is 39.9 Å². The summed E-state index contributed by atoms with van der Waals surface area (Å²) in [7, 11) is 0. The van der Waals surface area contributed by atoms with Crippen molar-refractivity contribution >= 4 is 34.5 Å². The molecule has 1 atom stereocenters. The maximum Gasteiger partial charge on any atom is 0.259 e. The lowest BCUT2D eigenvalue weighted by molar-refractivity contribution is -0.125. The SMILES string of the molecule is CC(C)(C)NC(=O)[C@@H]1CSCN1C(=O)c1coc2ccccc12. The molecule has 0 aliphatic carbocycles. The number of amides is 2. The molecule has 1 saturated heterocycles. The number of para-hydroxylation sites is 1. The Bertz CT molecular complexity index is 748. The lowest BCUT2D eigenvalue weighted by Crippen LogP contribution is -2.52. The third-order valence-electron chi connectivity index (χ3n) is 3.66. The third kappa shape index (κ3) is 3.22. The van der Waals surface area contributed by atoms with Crippen LogP contribution < -0.4 is 5.32 Å². The second-order valence-corrected chi connectivity index (χ2v) is 7.68. The summed E-state index contributed by atoms with van der Waals surface area (Å²) in [6.07, 6.45) is 1.48. The Morgan fingerprint density at radius 3 is 2.78 bits per heavy atom. The lowest BCUT2D eigenvalue weighted by Gasteiger charge is -2.27. The molecule has 3 rings (SSSR count). The number of hydrogen-bond donors (Lipinski definition) is 1. The Labute approximate surface area is 139 Å². The fraction of sp³-hybridized carbons (Fsp3) is 0.412. The molecule has 1 aromatic carbocycles. The molecule has 5 nitrogen and oxygen atoms in total. The Kier molecular flexibility index (Phi) is 4.10. The quantitative estimate of drug-likeness (QED) is 0.918. The highest BCUT2D eigenvalue weighted by molar-refractivity contribution is 7.99. The standard InChI is InChI=1S/C17H20N2O3S/c1-17(2,3)18-15(20)13-9-23-10-19(13)16(21)12-8-22-14-7-5-4-6-11(12)14/h4-8,13H,9-10H2,1-3H3,(H,18,20)/t13-/m0/s1. The number of carbonyl (C=O) groups excluding carboxylic acids is 2. The van der Waals surface area contributed by atoms with E-state index in [1.165, 1.54) is 6.26 Å². The minimum atomic E-state index is -0.444. The zero-order chi connectivity index (χ0) is 16.6. The predicted octanol–water partition coefficient (Wildman–Crippen LogP) is 2.86. The average molecular weight is 332 g/mol. The molecule has 0 radical (unpaired) electrons. The van der Waals surface area contributed by atoms with Crippen molar-refractivity contribution in [2.75, 3.05) is 11.6 Å². The van der Waals surface area contributed by atoms with Gasteiger partial charge in [0.1, 0.15) is 17.9 Å². The molecule has 1 aliphatic heterocycles. The van der Waals surface area contributed by atoms with E-state index in [4.69, 9.17) is 4.42 Å². The molecule has 0 unspecified atom stereocenters. The number of nitrogens with one attached hydrogen (secondary N) is 1. The van der Waals surface area contributed by atoms with Crippen molar-refractivity contribution in [2.45, 2.75) is 32.4 Å². The van der Waals surface area contributed by atoms with Crippen LogP contribution in [0.4, 0.5) is 0 Å². The molecule has 2 amide bonds. The van der Waals surface area contributed by atoms with Gasteiger partial charge in [-0.25, -0.2) is 0 Å². The van der Waals surface area contributed by atoms with Crippen molar-refractivity contribution in [3.8, 4) is 0 Å². The summed E-state index contributed by atoms with van der Waals surface area (Å²) >= 11 is 1.59. The van der Waals surface area contributed by atoms with Crippen molar-refractivity contribution in [1.29, 1.82) is 0 Å². The highest BCUT2D eigenvalue weighted by Gasteiger charge is 2.37. The Balaban J connectivity index is 1.85. The van der Waals surface area contributed by atoms with Gasteiger partial charge in [-0.05, 0) is 26.8 Å². The van der Waals surface area contributed by atoms with Crippen LogP contribution >= 0.6 is 11.8 Å². The van der Waals surface area contributed by atoms with E-state index in [0.717, 1.165) is 5.39 Å². The molecule has 122 valence electrons. The van der Waals surface area contributed by atoms with Crippen molar-refractivity contribution in [2.24, 2.45) is 0 Å². The Hall–Kier alpha value is -1.95. The highest BCUT2D eigenvalue weighted by Crippen LogP contribution is 2.28. The molecular formula is C17H20N2O3S. The summed E-state index contributed by atoms with van der Waals surface area (Å²) in [4.78, 5) is 27.0. The summed E-state index contributed by atoms with van der Waals surface area (Å²) in [5.74, 6) is 0.863. The molecule has 23 heavy (non-hydrogen) atoms. The first-order valence-corrected chi connectivity index (χ1v) is 8.69. The van der Waals surface area contributed by atoms with Gasteiger partial charge in [0.2, 0.25) is 5.91 Å². The van der Waals surface area contributed by atoms with E-state index in [-0.39, 0.29) is 17.4 Å². The van der Waals surface area contributed by atoms with Crippen LogP contribution in [0.3, 0.4) is 0 Å². The second kappa shape index (κ2) is 5.92. The van der Waals surface area contributed by atoms with Crippen LogP contribution in [0, 0.1) is 0 Å². The third-order valence-corrected chi connectivity index (χ3v) is 4.67. The number of furan rings is 1. The first kappa shape index (κ1) is 15.9. The Morgan fingerprint density at radius 2 is 2.04 bits per heavy atom. The zero-order valence-electron chi connectivity index (χ0n) is 13.5. The van der Waals surface area contributed by atoms with Crippen LogP contribution in [-0.2, 0) is 4.79 Å². The smallest absolute Gasteiger partial charge is 0.259 e. The molecule has 1 aromatic heterocycles. The number of fused-ring (bicyclic) bond motifs is 1. The van der Waals surface area contributed by atoms with Gasteiger partial charge in [-0.2, -0.15) is 0 Å². The van der Waals surface area contributed by atoms with E-state index in [2.05, 4.69) is 5.32 Å². The second-order valence-electron chi connectivity index (χ2n) is 6.68. The number of thioether (sulfide) groups is 1. The normalized spacial score (nSPS) is 18.4. The largest absolute Gasteiger partial charge is 0.463 e. The van der Waals surface area contributed by atoms with Crippen molar-refractivity contribution in [1.82, 2.24) is 10.2 Å². The van der Waals surface area contributed by atoms with Gasteiger partial charge in [0.05, 0.1) is 11.4 Å². The minimum absolute atomic E-state index is 0.108. The molecular weight excluding hydrogens is 312 g/mol. The summed E-state index contributed by atoms with van der Waals surface area (Å²) in [6.45, 7) is 5.80. The number of benzene rings is 1. The van der Waals surface area contributed by atoms with E-state index in [9.17, 15) is 9.59 Å². The van der Waals surface area contributed by atoms with E-state index in [0.29, 0.717) is 22.8 Å². The van der Waals surface area contributed by atoms with Gasteiger partial charge in [-0.1, -0.05) is 18.2 Å². The molecule has 1 fully saturated rings. The maximum atomic E-state index is 12.9. The fourth-order valence-corrected chi connectivity index (χ4v) is 3.76. The van der Waals surface area contributed by atoms with Crippen LogP contribution in [0.15, 0.2) is 34.9 Å². The summed E-state index contributed by atoms with van der Waals surface area (Å²) < 4.78 is 5.45. The average Bonchev–Trinajstić information content (AvgIpc) is 3.12. The molecule has 1 N–H and O–H groups in total. The lowest BCUT2D eigenvalue weighted by atomic mass is 10.1. The van der Waals surface area contributed by atoms with Gasteiger partial charge in [0.25, 0.3) is 5.91 Å². The maximum absolute atomic E-state index is 12.9. The summed E-state index contributed by atoms with van der Waals surface area (Å²) in [5.41, 5.74) is 0.872. The highest BCUT2D eigenvalue weighted by atomic mass is 32.2. The van der Waals surface area contributed by atoms with E-state index >= 15 is 0 Å². The first-order chi connectivity index (χ1) is 10.9. The molecule has 2 aromatic rings. The number of rotatable bonds is 2. The fourth-order valence-electron chi connectivity index (χ4n) is 2.61. The molecule has 0 saturated carbocycles. The summed E-state index contributed by atoms with van der Waals surface area (Å²) in [6, 6.07) is 6.98. The van der Waals surface area contributed by atoms with Crippen molar-refractivity contribution in [3.63, 3.8) is 0 Å². The van der Waals surface area contributed by atoms with Gasteiger partial charge in [-0.15, -0.1) is 11.8 Å². The van der Waals surface area contributed by atoms with E-state index < -0.39 is 6.04 Å². The first-order valence-electron chi connectivity index (χ1n) is 7.54.